The molecule has 1 heterocycles. The van der Waals surface area contributed by atoms with Gasteiger partial charge in [0.1, 0.15) is 5.82 Å². The highest BCUT2D eigenvalue weighted by Gasteiger charge is 2.16. The summed E-state index contributed by atoms with van der Waals surface area (Å²) in [6.45, 7) is 1.86. The lowest BCUT2D eigenvalue weighted by molar-refractivity contribution is 0.629. The Labute approximate surface area is 93.7 Å². The van der Waals surface area contributed by atoms with Gasteiger partial charge in [0.2, 0.25) is 0 Å². The van der Waals surface area contributed by atoms with Crippen molar-refractivity contribution in [1.29, 1.82) is 0 Å². The van der Waals surface area contributed by atoms with Crippen molar-refractivity contribution in [3.63, 3.8) is 0 Å². The zero-order valence-electron chi connectivity index (χ0n) is 9.31. The van der Waals surface area contributed by atoms with Gasteiger partial charge >= 0.3 is 0 Å². The zero-order valence-corrected chi connectivity index (χ0v) is 9.31. The summed E-state index contributed by atoms with van der Waals surface area (Å²) in [7, 11) is 1.81. The quantitative estimate of drug-likeness (QED) is 0.841. The average Bonchev–Trinajstić information content (AvgIpc) is 2.61. The first kappa shape index (κ1) is 10.8. The molecule has 16 heavy (non-hydrogen) atoms. The molecule has 0 radical (unpaired) electrons. The van der Waals surface area contributed by atoms with E-state index in [9.17, 15) is 4.39 Å². The number of aryl methyl sites for hydroxylation is 1. The maximum absolute atomic E-state index is 13.7. The van der Waals surface area contributed by atoms with E-state index in [1.54, 1.807) is 29.1 Å². The van der Waals surface area contributed by atoms with Crippen molar-refractivity contribution in [3.8, 4) is 11.1 Å². The number of hydrogen-bond donors (Lipinski definition) is 1. The predicted octanol–water partition coefficient (Wildman–Crippen LogP) is 2.25. The molecule has 3 nitrogen and oxygen atoms in total. The van der Waals surface area contributed by atoms with E-state index in [0.717, 1.165) is 11.3 Å². The highest BCUT2D eigenvalue weighted by atomic mass is 19.1. The van der Waals surface area contributed by atoms with Gasteiger partial charge in [-0.1, -0.05) is 18.2 Å². The molecule has 0 fully saturated rings. The molecule has 1 unspecified atom stereocenters. The second-order valence-electron chi connectivity index (χ2n) is 3.84. The van der Waals surface area contributed by atoms with Crippen molar-refractivity contribution in [3.05, 3.63) is 42.0 Å². The molecule has 1 aromatic carbocycles. The van der Waals surface area contributed by atoms with Crippen LogP contribution in [0.4, 0.5) is 4.39 Å². The Bertz CT molecular complexity index is 503. The van der Waals surface area contributed by atoms with Crippen molar-refractivity contribution in [2.24, 2.45) is 12.8 Å². The first-order valence-electron chi connectivity index (χ1n) is 5.13. The molecular weight excluding hydrogens is 205 g/mol. The van der Waals surface area contributed by atoms with Gasteiger partial charge < -0.3 is 5.73 Å². The third kappa shape index (κ3) is 1.72. The first-order chi connectivity index (χ1) is 7.61. The van der Waals surface area contributed by atoms with E-state index < -0.39 is 0 Å². The number of rotatable bonds is 2. The highest BCUT2D eigenvalue weighted by Crippen LogP contribution is 2.28. The van der Waals surface area contributed by atoms with Gasteiger partial charge in [-0.25, -0.2) is 4.39 Å². The summed E-state index contributed by atoms with van der Waals surface area (Å²) in [5.74, 6) is -0.252. The van der Waals surface area contributed by atoms with Gasteiger partial charge in [-0.05, 0) is 13.0 Å². The van der Waals surface area contributed by atoms with E-state index in [1.165, 1.54) is 6.07 Å². The maximum Gasteiger partial charge on any atom is 0.131 e. The number of nitrogens with zero attached hydrogens (tertiary/aromatic N) is 2. The minimum absolute atomic E-state index is 0.179. The van der Waals surface area contributed by atoms with Crippen LogP contribution in [0, 0.1) is 5.82 Å². The summed E-state index contributed by atoms with van der Waals surface area (Å²) in [5, 5.41) is 4.13. The molecule has 0 aliphatic carbocycles. The molecular formula is C12H14FN3. The smallest absolute Gasteiger partial charge is 0.131 e. The van der Waals surface area contributed by atoms with E-state index in [-0.39, 0.29) is 11.9 Å². The van der Waals surface area contributed by atoms with Gasteiger partial charge in [0, 0.05) is 24.2 Å². The van der Waals surface area contributed by atoms with Crippen molar-refractivity contribution >= 4 is 0 Å². The van der Waals surface area contributed by atoms with Crippen LogP contribution in [0.2, 0.25) is 0 Å². The fraction of sp³-hybridized carbons (Fsp3) is 0.250. The molecule has 4 heteroatoms. The molecule has 2 rings (SSSR count). The van der Waals surface area contributed by atoms with Crippen molar-refractivity contribution in [2.45, 2.75) is 13.0 Å². The number of benzene rings is 1. The molecule has 0 spiro atoms. The Balaban J connectivity index is 2.61. The van der Waals surface area contributed by atoms with Gasteiger partial charge in [0.15, 0.2) is 0 Å². The number of aromatic nitrogens is 2. The fourth-order valence-electron chi connectivity index (χ4n) is 1.87. The van der Waals surface area contributed by atoms with E-state index >= 15 is 0 Å². The van der Waals surface area contributed by atoms with Crippen LogP contribution in [0.15, 0.2) is 30.5 Å². The highest BCUT2D eigenvalue weighted by molar-refractivity contribution is 5.66. The van der Waals surface area contributed by atoms with E-state index in [2.05, 4.69) is 5.10 Å². The Morgan fingerprint density at radius 2 is 2.00 bits per heavy atom. The van der Waals surface area contributed by atoms with Crippen LogP contribution in [0.5, 0.6) is 0 Å². The molecule has 84 valence electrons. The molecule has 0 saturated heterocycles. The summed E-state index contributed by atoms with van der Waals surface area (Å²) < 4.78 is 15.3. The molecule has 0 aliphatic rings. The minimum atomic E-state index is -0.252. The van der Waals surface area contributed by atoms with E-state index in [1.807, 2.05) is 14.0 Å². The monoisotopic (exact) mass is 219 g/mol. The van der Waals surface area contributed by atoms with E-state index in [4.69, 9.17) is 5.73 Å². The SMILES string of the molecule is CC(N)c1c(-c2ccccc2F)cnn1C. The van der Waals surface area contributed by atoms with E-state index in [0.29, 0.717) is 5.56 Å². The third-order valence-electron chi connectivity index (χ3n) is 2.58. The Kier molecular flexibility index (Phi) is 2.75. The van der Waals surface area contributed by atoms with Crippen LogP contribution in [-0.4, -0.2) is 9.78 Å². The summed E-state index contributed by atoms with van der Waals surface area (Å²) in [6, 6.07) is 6.46. The molecule has 0 bridgehead atoms. The summed E-state index contributed by atoms with van der Waals surface area (Å²) in [6.07, 6.45) is 1.65. The van der Waals surface area contributed by atoms with Crippen LogP contribution in [-0.2, 0) is 7.05 Å². The first-order valence-corrected chi connectivity index (χ1v) is 5.13. The van der Waals surface area contributed by atoms with Crippen molar-refractivity contribution in [1.82, 2.24) is 9.78 Å². The van der Waals surface area contributed by atoms with Crippen LogP contribution in [0.3, 0.4) is 0 Å². The Hall–Kier alpha value is -1.68. The van der Waals surface area contributed by atoms with Crippen molar-refractivity contribution in [2.75, 3.05) is 0 Å². The molecule has 1 aromatic heterocycles. The van der Waals surface area contributed by atoms with Gasteiger partial charge in [-0.3, -0.25) is 4.68 Å². The normalized spacial score (nSPS) is 12.8. The summed E-state index contributed by atoms with van der Waals surface area (Å²) in [4.78, 5) is 0. The average molecular weight is 219 g/mol. The van der Waals surface area contributed by atoms with Gasteiger partial charge in [-0.2, -0.15) is 5.10 Å². The third-order valence-corrected chi connectivity index (χ3v) is 2.58. The number of hydrogen-bond acceptors (Lipinski definition) is 2. The van der Waals surface area contributed by atoms with Gasteiger partial charge in [-0.15, -0.1) is 0 Å². The largest absolute Gasteiger partial charge is 0.323 e. The van der Waals surface area contributed by atoms with Crippen LogP contribution in [0.25, 0.3) is 11.1 Å². The second-order valence-corrected chi connectivity index (χ2v) is 3.84. The molecule has 2 aromatic rings. The van der Waals surface area contributed by atoms with Gasteiger partial charge in [0.05, 0.1) is 11.9 Å². The zero-order chi connectivity index (χ0) is 11.7. The van der Waals surface area contributed by atoms with Crippen molar-refractivity contribution < 1.29 is 4.39 Å². The fourth-order valence-corrected chi connectivity index (χ4v) is 1.87. The van der Waals surface area contributed by atoms with Gasteiger partial charge in [0.25, 0.3) is 0 Å². The Morgan fingerprint density at radius 1 is 1.31 bits per heavy atom. The standard InChI is InChI=1S/C12H14FN3/c1-8(14)12-10(7-15-16(12)2)9-5-3-4-6-11(9)13/h3-8H,14H2,1-2H3. The molecule has 1 atom stereocenters. The lowest BCUT2D eigenvalue weighted by atomic mass is 10.0. The Morgan fingerprint density at radius 3 is 2.62 bits per heavy atom. The molecule has 0 saturated carbocycles. The lowest BCUT2D eigenvalue weighted by Crippen LogP contribution is -2.11. The van der Waals surface area contributed by atoms with Crippen LogP contribution in [0.1, 0.15) is 18.7 Å². The predicted molar refractivity (Wildman–Crippen MR) is 61.2 cm³/mol. The van der Waals surface area contributed by atoms with Crippen LogP contribution < -0.4 is 5.73 Å². The molecule has 0 amide bonds. The number of halogens is 1. The molecule has 0 aliphatic heterocycles. The van der Waals surface area contributed by atoms with Crippen LogP contribution >= 0.6 is 0 Å². The summed E-state index contributed by atoms with van der Waals surface area (Å²) in [5.41, 5.74) is 8.01. The number of nitrogens with two attached hydrogens (primary N) is 1. The summed E-state index contributed by atoms with van der Waals surface area (Å²) >= 11 is 0. The molecule has 2 N–H and O–H groups in total. The topological polar surface area (TPSA) is 43.8 Å². The maximum atomic E-state index is 13.7. The second kappa shape index (κ2) is 4.06. The minimum Gasteiger partial charge on any atom is -0.323 e. The lowest BCUT2D eigenvalue weighted by Gasteiger charge is -2.10.